The first-order chi connectivity index (χ1) is 9.79. The molecule has 3 N–H and O–H groups in total. The SMILES string of the molecule is Cc1c(C(=O)NCCC2CCC2)cc(Br)cc1S(N)(=O)=O. The van der Waals surface area contributed by atoms with E-state index in [9.17, 15) is 13.2 Å². The topological polar surface area (TPSA) is 89.3 Å². The molecule has 0 atom stereocenters. The maximum Gasteiger partial charge on any atom is 0.251 e. The molecule has 1 aromatic rings. The fourth-order valence-corrected chi connectivity index (χ4v) is 3.89. The summed E-state index contributed by atoms with van der Waals surface area (Å²) in [5.74, 6) is 0.451. The molecule has 0 aromatic heterocycles. The maximum atomic E-state index is 12.2. The molecule has 116 valence electrons. The van der Waals surface area contributed by atoms with E-state index in [4.69, 9.17) is 5.14 Å². The van der Waals surface area contributed by atoms with Crippen LogP contribution in [0.5, 0.6) is 0 Å². The molecular weight excluding hydrogens is 356 g/mol. The first-order valence-corrected chi connectivity index (χ1v) is 9.24. The van der Waals surface area contributed by atoms with Gasteiger partial charge in [0.05, 0.1) is 4.90 Å². The summed E-state index contributed by atoms with van der Waals surface area (Å²) >= 11 is 3.22. The van der Waals surface area contributed by atoms with Gasteiger partial charge in [0.1, 0.15) is 0 Å². The van der Waals surface area contributed by atoms with Gasteiger partial charge in [-0.15, -0.1) is 0 Å². The predicted molar refractivity (Wildman–Crippen MR) is 84.5 cm³/mol. The number of nitrogens with one attached hydrogen (secondary N) is 1. The second-order valence-corrected chi connectivity index (χ2v) is 7.91. The number of rotatable bonds is 5. The van der Waals surface area contributed by atoms with Crippen LogP contribution in [-0.2, 0) is 10.0 Å². The lowest BCUT2D eigenvalue weighted by Crippen LogP contribution is -2.28. The molecule has 2 rings (SSSR count). The Morgan fingerprint density at radius 1 is 1.43 bits per heavy atom. The van der Waals surface area contributed by atoms with Crippen LogP contribution >= 0.6 is 15.9 Å². The second-order valence-electron chi connectivity index (χ2n) is 5.46. The van der Waals surface area contributed by atoms with E-state index in [0.29, 0.717) is 28.1 Å². The lowest BCUT2D eigenvalue weighted by molar-refractivity contribution is 0.0948. The van der Waals surface area contributed by atoms with Gasteiger partial charge in [-0.2, -0.15) is 0 Å². The number of halogens is 1. The zero-order chi connectivity index (χ0) is 15.6. The van der Waals surface area contributed by atoms with Gasteiger partial charge in [0, 0.05) is 16.6 Å². The molecule has 0 saturated heterocycles. The molecular formula is C14H19BrN2O3S. The van der Waals surface area contributed by atoms with Crippen molar-refractivity contribution >= 4 is 31.9 Å². The number of carbonyl (C=O) groups excluding carboxylic acids is 1. The Balaban J connectivity index is 2.14. The molecule has 21 heavy (non-hydrogen) atoms. The van der Waals surface area contributed by atoms with Crippen LogP contribution in [0.15, 0.2) is 21.5 Å². The van der Waals surface area contributed by atoms with Gasteiger partial charge in [0.15, 0.2) is 0 Å². The Hall–Kier alpha value is -0.920. The molecule has 0 spiro atoms. The van der Waals surface area contributed by atoms with Crippen molar-refractivity contribution in [2.75, 3.05) is 6.54 Å². The number of hydrogen-bond acceptors (Lipinski definition) is 3. The lowest BCUT2D eigenvalue weighted by atomic mass is 9.83. The maximum absolute atomic E-state index is 12.2. The first-order valence-electron chi connectivity index (χ1n) is 6.90. The summed E-state index contributed by atoms with van der Waals surface area (Å²) in [6, 6.07) is 3.03. The van der Waals surface area contributed by atoms with Gasteiger partial charge in [-0.05, 0) is 37.0 Å². The molecule has 5 nitrogen and oxygen atoms in total. The molecule has 0 bridgehead atoms. The minimum Gasteiger partial charge on any atom is -0.352 e. The number of hydrogen-bond donors (Lipinski definition) is 2. The Bertz CT molecular complexity index is 654. The van der Waals surface area contributed by atoms with Crippen LogP contribution in [0, 0.1) is 12.8 Å². The van der Waals surface area contributed by atoms with Crippen molar-refractivity contribution in [2.45, 2.75) is 37.5 Å². The van der Waals surface area contributed by atoms with E-state index in [1.54, 1.807) is 13.0 Å². The van der Waals surface area contributed by atoms with E-state index in [0.717, 1.165) is 6.42 Å². The molecule has 0 heterocycles. The highest BCUT2D eigenvalue weighted by molar-refractivity contribution is 9.10. The molecule has 1 amide bonds. The second kappa shape index (κ2) is 6.46. The van der Waals surface area contributed by atoms with Crippen LogP contribution in [0.4, 0.5) is 0 Å². The Kier molecular flexibility index (Phi) is 5.06. The van der Waals surface area contributed by atoms with E-state index in [1.165, 1.54) is 25.3 Å². The van der Waals surface area contributed by atoms with Crippen LogP contribution in [0.3, 0.4) is 0 Å². The smallest absolute Gasteiger partial charge is 0.251 e. The van der Waals surface area contributed by atoms with Crippen LogP contribution in [0.2, 0.25) is 0 Å². The van der Waals surface area contributed by atoms with Crippen LogP contribution in [0.1, 0.15) is 41.6 Å². The highest BCUT2D eigenvalue weighted by Gasteiger charge is 2.20. The van der Waals surface area contributed by atoms with Gasteiger partial charge in [0.2, 0.25) is 10.0 Å². The molecule has 1 aromatic carbocycles. The Morgan fingerprint density at radius 2 is 2.10 bits per heavy atom. The van der Waals surface area contributed by atoms with Crippen LogP contribution in [-0.4, -0.2) is 20.9 Å². The fraction of sp³-hybridized carbons (Fsp3) is 0.500. The molecule has 1 aliphatic rings. The highest BCUT2D eigenvalue weighted by Crippen LogP contribution is 2.29. The summed E-state index contributed by atoms with van der Waals surface area (Å²) in [4.78, 5) is 12.2. The van der Waals surface area contributed by atoms with Gasteiger partial charge >= 0.3 is 0 Å². The number of nitrogens with two attached hydrogens (primary N) is 1. The van der Waals surface area contributed by atoms with Crippen molar-refractivity contribution in [1.29, 1.82) is 0 Å². The van der Waals surface area contributed by atoms with Crippen LogP contribution < -0.4 is 10.5 Å². The number of amides is 1. The first kappa shape index (κ1) is 16.5. The number of sulfonamides is 1. The number of benzene rings is 1. The summed E-state index contributed by atoms with van der Waals surface area (Å²) in [5, 5.41) is 8.03. The fourth-order valence-electron chi connectivity index (χ4n) is 2.45. The Labute approximate surface area is 133 Å². The van der Waals surface area contributed by atoms with E-state index in [1.807, 2.05) is 0 Å². The zero-order valence-electron chi connectivity index (χ0n) is 11.9. The third-order valence-corrected chi connectivity index (χ3v) is 5.43. The standard InChI is InChI=1S/C14H19BrN2O3S/c1-9-12(7-11(15)8-13(9)21(16,19)20)14(18)17-6-5-10-3-2-4-10/h7-8,10H,2-6H2,1H3,(H,17,18)(H2,16,19,20). The summed E-state index contributed by atoms with van der Waals surface area (Å²) < 4.78 is 23.6. The van der Waals surface area contributed by atoms with Crippen molar-refractivity contribution in [1.82, 2.24) is 5.32 Å². The lowest BCUT2D eigenvalue weighted by Gasteiger charge is -2.25. The molecule has 0 radical (unpaired) electrons. The average Bonchev–Trinajstić information content (AvgIpc) is 2.33. The zero-order valence-corrected chi connectivity index (χ0v) is 14.3. The van der Waals surface area contributed by atoms with Crippen molar-refractivity contribution < 1.29 is 13.2 Å². The molecule has 7 heteroatoms. The van der Waals surface area contributed by atoms with Gasteiger partial charge in [0.25, 0.3) is 5.91 Å². The summed E-state index contributed by atoms with van der Waals surface area (Å²) in [7, 11) is -3.85. The van der Waals surface area contributed by atoms with Crippen molar-refractivity contribution in [3.63, 3.8) is 0 Å². The van der Waals surface area contributed by atoms with E-state index in [2.05, 4.69) is 21.2 Å². The summed E-state index contributed by atoms with van der Waals surface area (Å²) in [6.45, 7) is 2.20. The van der Waals surface area contributed by atoms with E-state index >= 15 is 0 Å². The number of primary sulfonamides is 1. The predicted octanol–water partition coefficient (Wildman–Crippen LogP) is 2.32. The molecule has 0 unspecified atom stereocenters. The van der Waals surface area contributed by atoms with E-state index in [-0.39, 0.29) is 10.8 Å². The minimum absolute atomic E-state index is 0.0268. The van der Waals surface area contributed by atoms with Gasteiger partial charge < -0.3 is 5.32 Å². The van der Waals surface area contributed by atoms with Crippen molar-refractivity contribution in [3.8, 4) is 0 Å². The molecule has 0 aliphatic heterocycles. The normalized spacial score (nSPS) is 15.6. The third kappa shape index (κ3) is 4.05. The highest BCUT2D eigenvalue weighted by atomic mass is 79.9. The molecule has 1 aliphatic carbocycles. The van der Waals surface area contributed by atoms with E-state index < -0.39 is 10.0 Å². The number of carbonyl (C=O) groups is 1. The van der Waals surface area contributed by atoms with Crippen molar-refractivity contribution in [3.05, 3.63) is 27.7 Å². The summed E-state index contributed by atoms with van der Waals surface area (Å²) in [6.07, 6.45) is 4.73. The minimum atomic E-state index is -3.85. The Morgan fingerprint density at radius 3 is 2.62 bits per heavy atom. The molecule has 1 saturated carbocycles. The van der Waals surface area contributed by atoms with Gasteiger partial charge in [-0.1, -0.05) is 35.2 Å². The van der Waals surface area contributed by atoms with Crippen molar-refractivity contribution in [2.24, 2.45) is 11.1 Å². The van der Waals surface area contributed by atoms with Crippen LogP contribution in [0.25, 0.3) is 0 Å². The third-order valence-electron chi connectivity index (χ3n) is 3.94. The quantitative estimate of drug-likeness (QED) is 0.828. The monoisotopic (exact) mass is 374 g/mol. The largest absolute Gasteiger partial charge is 0.352 e. The average molecular weight is 375 g/mol. The summed E-state index contributed by atoms with van der Waals surface area (Å²) in [5.41, 5.74) is 0.712. The molecule has 1 fully saturated rings. The van der Waals surface area contributed by atoms with Gasteiger partial charge in [-0.3, -0.25) is 4.79 Å². The van der Waals surface area contributed by atoms with Gasteiger partial charge in [-0.25, -0.2) is 13.6 Å².